The highest BCUT2D eigenvalue weighted by molar-refractivity contribution is 6.34. The van der Waals surface area contributed by atoms with Gasteiger partial charge in [-0.2, -0.15) is 13.2 Å². The van der Waals surface area contributed by atoms with Gasteiger partial charge in [-0.15, -0.1) is 0 Å². The van der Waals surface area contributed by atoms with E-state index in [1.807, 2.05) is 26.0 Å². The summed E-state index contributed by atoms with van der Waals surface area (Å²) in [7, 11) is 0. The summed E-state index contributed by atoms with van der Waals surface area (Å²) in [5, 5.41) is 2.61. The third-order valence-corrected chi connectivity index (χ3v) is 5.45. The molecule has 1 aliphatic heterocycles. The SMILES string of the molecule is Cc1cc(C)nc(NC2=C(N)C(C)N(C(=O)c3cccc(C(F)(F)F)c3Cl)CC2)c1. The van der Waals surface area contributed by atoms with Crippen LogP contribution in [-0.4, -0.2) is 28.4 Å². The van der Waals surface area contributed by atoms with Crippen LogP contribution in [0.25, 0.3) is 0 Å². The number of aryl methyl sites for hydroxylation is 2. The van der Waals surface area contributed by atoms with Gasteiger partial charge in [-0.1, -0.05) is 17.7 Å². The average molecular weight is 439 g/mol. The molecule has 2 aromatic rings. The molecule has 0 bridgehead atoms. The van der Waals surface area contributed by atoms with Crippen LogP contribution in [0.1, 0.15) is 40.5 Å². The number of nitrogens with two attached hydrogens (primary N) is 1. The quantitative estimate of drug-likeness (QED) is 0.716. The minimum Gasteiger partial charge on any atom is -0.399 e. The van der Waals surface area contributed by atoms with E-state index in [0.717, 1.165) is 23.0 Å². The van der Waals surface area contributed by atoms with Gasteiger partial charge in [0.05, 0.1) is 27.9 Å². The van der Waals surface area contributed by atoms with E-state index in [2.05, 4.69) is 10.3 Å². The molecule has 160 valence electrons. The normalized spacial score (nSPS) is 17.3. The van der Waals surface area contributed by atoms with Gasteiger partial charge in [-0.3, -0.25) is 4.79 Å². The van der Waals surface area contributed by atoms with Crippen LogP contribution in [-0.2, 0) is 6.18 Å². The maximum absolute atomic E-state index is 13.1. The fraction of sp³-hybridized carbons (Fsp3) is 0.333. The zero-order valence-corrected chi connectivity index (χ0v) is 17.5. The molecule has 1 unspecified atom stereocenters. The lowest BCUT2D eigenvalue weighted by atomic mass is 10.0. The number of nitrogens with zero attached hydrogens (tertiary/aromatic N) is 2. The Morgan fingerprint density at radius 2 is 2.00 bits per heavy atom. The highest BCUT2D eigenvalue weighted by Crippen LogP contribution is 2.37. The number of hydrogen-bond acceptors (Lipinski definition) is 4. The second-order valence-electron chi connectivity index (χ2n) is 7.32. The topological polar surface area (TPSA) is 71.2 Å². The fourth-order valence-corrected chi connectivity index (χ4v) is 3.85. The average Bonchev–Trinajstić information content (AvgIpc) is 2.63. The fourth-order valence-electron chi connectivity index (χ4n) is 3.53. The second kappa shape index (κ2) is 8.18. The predicted octanol–water partition coefficient (Wildman–Crippen LogP) is 4.89. The van der Waals surface area contributed by atoms with Crippen LogP contribution in [0.5, 0.6) is 0 Å². The molecule has 1 atom stereocenters. The molecule has 0 aliphatic carbocycles. The number of hydrogen-bond donors (Lipinski definition) is 2. The van der Waals surface area contributed by atoms with Gasteiger partial charge < -0.3 is 16.0 Å². The van der Waals surface area contributed by atoms with E-state index < -0.39 is 28.7 Å². The highest BCUT2D eigenvalue weighted by Gasteiger charge is 2.36. The summed E-state index contributed by atoms with van der Waals surface area (Å²) in [6, 6.07) is 6.63. The predicted molar refractivity (Wildman–Crippen MR) is 110 cm³/mol. The Hall–Kier alpha value is -2.74. The molecular weight excluding hydrogens is 417 g/mol. The second-order valence-corrected chi connectivity index (χ2v) is 7.70. The van der Waals surface area contributed by atoms with Crippen molar-refractivity contribution in [2.24, 2.45) is 5.73 Å². The van der Waals surface area contributed by atoms with Crippen molar-refractivity contribution in [3.8, 4) is 0 Å². The van der Waals surface area contributed by atoms with Gasteiger partial charge in [0.2, 0.25) is 0 Å². The van der Waals surface area contributed by atoms with Gasteiger partial charge in [0, 0.05) is 24.4 Å². The summed E-state index contributed by atoms with van der Waals surface area (Å²) in [6.45, 7) is 5.85. The molecule has 30 heavy (non-hydrogen) atoms. The molecule has 0 fully saturated rings. The molecule has 3 N–H and O–H groups in total. The first-order chi connectivity index (χ1) is 14.0. The van der Waals surface area contributed by atoms with Gasteiger partial charge in [-0.25, -0.2) is 4.98 Å². The van der Waals surface area contributed by atoms with Crippen LogP contribution < -0.4 is 11.1 Å². The van der Waals surface area contributed by atoms with Crippen LogP contribution in [0.4, 0.5) is 19.0 Å². The number of nitrogens with one attached hydrogen (secondary N) is 1. The number of carbonyl (C=O) groups excluding carboxylic acids is 1. The van der Waals surface area contributed by atoms with E-state index in [-0.39, 0.29) is 12.1 Å². The summed E-state index contributed by atoms with van der Waals surface area (Å²) in [4.78, 5) is 18.8. The maximum atomic E-state index is 13.1. The first kappa shape index (κ1) is 22.0. The largest absolute Gasteiger partial charge is 0.417 e. The number of halogens is 4. The van der Waals surface area contributed by atoms with Crippen LogP contribution in [0.3, 0.4) is 0 Å². The minimum absolute atomic E-state index is 0.196. The number of aromatic nitrogens is 1. The van der Waals surface area contributed by atoms with Crippen molar-refractivity contribution in [3.05, 3.63) is 69.1 Å². The summed E-state index contributed by atoms with van der Waals surface area (Å²) in [5.41, 5.74) is 8.11. The molecule has 1 amide bonds. The van der Waals surface area contributed by atoms with Crippen LogP contribution >= 0.6 is 11.6 Å². The Morgan fingerprint density at radius 1 is 1.30 bits per heavy atom. The maximum Gasteiger partial charge on any atom is 0.417 e. The molecule has 1 aliphatic rings. The zero-order chi connectivity index (χ0) is 22.2. The first-order valence-electron chi connectivity index (χ1n) is 9.36. The van der Waals surface area contributed by atoms with Crippen molar-refractivity contribution < 1.29 is 18.0 Å². The van der Waals surface area contributed by atoms with Gasteiger partial charge >= 0.3 is 6.18 Å². The van der Waals surface area contributed by atoms with Crippen molar-refractivity contribution in [1.29, 1.82) is 0 Å². The van der Waals surface area contributed by atoms with Crippen molar-refractivity contribution in [2.75, 3.05) is 11.9 Å². The monoisotopic (exact) mass is 438 g/mol. The molecule has 0 spiro atoms. The number of carbonyl (C=O) groups is 1. The lowest BCUT2D eigenvalue weighted by Gasteiger charge is -2.36. The molecule has 0 saturated heterocycles. The van der Waals surface area contributed by atoms with Crippen molar-refractivity contribution in [2.45, 2.75) is 39.4 Å². The number of pyridine rings is 1. The zero-order valence-electron chi connectivity index (χ0n) is 16.8. The lowest BCUT2D eigenvalue weighted by Crippen LogP contribution is -2.46. The van der Waals surface area contributed by atoms with Gasteiger partial charge in [-0.05, 0) is 50.6 Å². The molecular formula is C21H22ClF3N4O. The van der Waals surface area contributed by atoms with Crippen molar-refractivity contribution in [3.63, 3.8) is 0 Å². The van der Waals surface area contributed by atoms with Crippen LogP contribution in [0.15, 0.2) is 41.7 Å². The molecule has 1 aromatic heterocycles. The lowest BCUT2D eigenvalue weighted by molar-refractivity contribution is -0.137. The molecule has 3 rings (SSSR count). The van der Waals surface area contributed by atoms with E-state index in [4.69, 9.17) is 17.3 Å². The Kier molecular flexibility index (Phi) is 5.99. The van der Waals surface area contributed by atoms with E-state index in [1.54, 1.807) is 6.92 Å². The summed E-state index contributed by atoms with van der Waals surface area (Å²) in [6.07, 6.45) is -4.23. The van der Waals surface area contributed by atoms with Crippen LogP contribution in [0, 0.1) is 13.8 Å². The number of rotatable bonds is 3. The number of alkyl halides is 3. The van der Waals surface area contributed by atoms with Crippen molar-refractivity contribution >= 4 is 23.3 Å². The third-order valence-electron chi connectivity index (χ3n) is 5.04. The highest BCUT2D eigenvalue weighted by atomic mass is 35.5. The standard InChI is InChI=1S/C21H22ClF3N4O/c1-11-9-12(2)27-17(10-11)28-16-7-8-29(13(3)19(16)26)20(30)14-5-4-6-15(18(14)22)21(23,24)25/h4-6,9-10,13H,7-8,26H2,1-3H3,(H,27,28). The van der Waals surface area contributed by atoms with Crippen LogP contribution in [0.2, 0.25) is 5.02 Å². The van der Waals surface area contributed by atoms with Gasteiger partial charge in [0.15, 0.2) is 0 Å². The molecule has 9 heteroatoms. The summed E-state index contributed by atoms with van der Waals surface area (Å²) >= 11 is 5.93. The Morgan fingerprint density at radius 3 is 2.63 bits per heavy atom. The number of anilines is 1. The Balaban J connectivity index is 1.86. The third kappa shape index (κ3) is 4.38. The van der Waals surface area contributed by atoms with Crippen molar-refractivity contribution in [1.82, 2.24) is 9.88 Å². The minimum atomic E-state index is -4.64. The number of benzene rings is 1. The molecule has 1 aromatic carbocycles. The van der Waals surface area contributed by atoms with E-state index in [0.29, 0.717) is 17.9 Å². The molecule has 0 saturated carbocycles. The molecule has 0 radical (unpaired) electrons. The van der Waals surface area contributed by atoms with Gasteiger partial charge in [0.1, 0.15) is 5.82 Å². The Bertz CT molecular complexity index is 1000. The smallest absolute Gasteiger partial charge is 0.399 e. The molecule has 5 nitrogen and oxygen atoms in total. The van der Waals surface area contributed by atoms with E-state index in [9.17, 15) is 18.0 Å². The molecule has 2 heterocycles. The number of amides is 1. The first-order valence-corrected chi connectivity index (χ1v) is 9.74. The summed E-state index contributed by atoms with van der Waals surface area (Å²) in [5.74, 6) is 0.0588. The van der Waals surface area contributed by atoms with Gasteiger partial charge in [0.25, 0.3) is 5.91 Å². The van der Waals surface area contributed by atoms with E-state index >= 15 is 0 Å². The van der Waals surface area contributed by atoms with E-state index in [1.165, 1.54) is 17.0 Å². The Labute approximate surface area is 177 Å². The summed E-state index contributed by atoms with van der Waals surface area (Å²) < 4.78 is 39.4.